The first-order chi connectivity index (χ1) is 4.92. The van der Waals surface area contributed by atoms with E-state index in [9.17, 15) is 0 Å². The van der Waals surface area contributed by atoms with E-state index in [1.165, 1.54) is 12.8 Å². The van der Waals surface area contributed by atoms with Gasteiger partial charge in [0.15, 0.2) is 0 Å². The van der Waals surface area contributed by atoms with Crippen LogP contribution in [0.2, 0.25) is 0 Å². The molecule has 1 aliphatic rings. The van der Waals surface area contributed by atoms with Crippen LogP contribution in [0.1, 0.15) is 24.3 Å². The van der Waals surface area contributed by atoms with Crippen LogP contribution in [0, 0.1) is 5.39 Å². The van der Waals surface area contributed by atoms with Crippen LogP contribution in [-0.4, -0.2) is 10.2 Å². The van der Waals surface area contributed by atoms with Gasteiger partial charge >= 0.3 is 5.82 Å². The second-order valence-corrected chi connectivity index (χ2v) is 2.55. The van der Waals surface area contributed by atoms with Gasteiger partial charge in [-0.3, -0.25) is 0 Å². The molecule has 1 N–H and O–H groups in total. The number of hydrogen-bond acceptors (Lipinski definition) is 2. The molecule has 2 rings (SSSR count). The Morgan fingerprint density at radius 2 is 2.50 bits per heavy atom. The zero-order chi connectivity index (χ0) is 6.97. The molecule has 0 amide bonds. The summed E-state index contributed by atoms with van der Waals surface area (Å²) in [5.74, 6) is 1.10. The number of H-pyrrole nitrogens is 1. The van der Waals surface area contributed by atoms with Crippen LogP contribution in [0.4, 0.5) is 5.82 Å². The number of aromatic nitrogens is 2. The molecule has 0 bridgehead atoms. The Balaban J connectivity index is 2.40. The summed E-state index contributed by atoms with van der Waals surface area (Å²) in [6.07, 6.45) is 4.12. The van der Waals surface area contributed by atoms with Crippen molar-refractivity contribution in [3.63, 3.8) is 0 Å². The average Bonchev–Trinajstić information content (AvgIpc) is 2.69. The molecule has 0 aliphatic heterocycles. The second-order valence-electron chi connectivity index (χ2n) is 2.55. The summed E-state index contributed by atoms with van der Waals surface area (Å²) in [6, 6.07) is 0. The highest BCUT2D eigenvalue weighted by atomic mass is 15.2. The van der Waals surface area contributed by atoms with Crippen molar-refractivity contribution in [2.24, 2.45) is 0 Å². The molecular weight excluding hydrogens is 128 g/mol. The number of rotatable bonds is 1. The molecule has 1 aromatic heterocycles. The van der Waals surface area contributed by atoms with E-state index in [0.717, 1.165) is 5.56 Å². The van der Waals surface area contributed by atoms with Crippen molar-refractivity contribution in [1.82, 2.24) is 10.2 Å². The smallest absolute Gasteiger partial charge is 0.130 e. The predicted molar refractivity (Wildman–Crippen MR) is 35.3 cm³/mol. The van der Waals surface area contributed by atoms with Crippen molar-refractivity contribution >= 4 is 5.82 Å². The number of nitrogens with one attached hydrogen (secondary N) is 1. The maximum atomic E-state index is 8.44. The van der Waals surface area contributed by atoms with Crippen molar-refractivity contribution in [3.05, 3.63) is 16.7 Å². The lowest BCUT2D eigenvalue weighted by molar-refractivity contribution is 1.10. The molecule has 0 spiro atoms. The van der Waals surface area contributed by atoms with E-state index in [4.69, 9.17) is 5.39 Å². The van der Waals surface area contributed by atoms with E-state index in [2.05, 4.69) is 15.2 Å². The molecule has 0 aromatic carbocycles. The van der Waals surface area contributed by atoms with E-state index in [1.807, 2.05) is 0 Å². The first-order valence-corrected chi connectivity index (χ1v) is 3.30. The maximum absolute atomic E-state index is 8.44. The molecule has 1 fully saturated rings. The minimum absolute atomic E-state index is 0.516. The molecule has 0 radical (unpaired) electrons. The first-order valence-electron chi connectivity index (χ1n) is 3.30. The summed E-state index contributed by atoms with van der Waals surface area (Å²) in [4.78, 5) is 3.07. The molecular formula is C6H7N4+. The Labute approximate surface area is 57.9 Å². The first kappa shape index (κ1) is 5.42. The Hall–Kier alpha value is -1.37. The normalized spacial score (nSPS) is 16.7. The third-order valence-electron chi connectivity index (χ3n) is 1.76. The molecule has 0 saturated heterocycles. The van der Waals surface area contributed by atoms with Crippen molar-refractivity contribution in [2.45, 2.75) is 18.8 Å². The standard InChI is InChI=1S/C6H7N4/c7-9-6-5(3-8-10-6)4-1-2-4/h3-4H,1-2H2,(H,8,10)/q+1. The Bertz CT molecular complexity index is 278. The lowest BCUT2D eigenvalue weighted by Gasteiger charge is -1.78. The Kier molecular flexibility index (Phi) is 0.978. The van der Waals surface area contributed by atoms with Crippen LogP contribution in [0.5, 0.6) is 0 Å². The highest BCUT2D eigenvalue weighted by Crippen LogP contribution is 2.43. The molecule has 1 aromatic rings. The van der Waals surface area contributed by atoms with Gasteiger partial charge in [0.1, 0.15) is 0 Å². The van der Waals surface area contributed by atoms with Crippen molar-refractivity contribution in [3.8, 4) is 0 Å². The molecule has 4 heteroatoms. The molecule has 50 valence electrons. The predicted octanol–water partition coefficient (Wildman–Crippen LogP) is 1.77. The third kappa shape index (κ3) is 0.676. The number of nitrogens with zero attached hydrogens (tertiary/aromatic N) is 3. The second kappa shape index (κ2) is 1.81. The van der Waals surface area contributed by atoms with Gasteiger partial charge in [-0.25, -0.2) is 0 Å². The van der Waals surface area contributed by atoms with Crippen LogP contribution < -0.4 is 0 Å². The number of aromatic amines is 1. The van der Waals surface area contributed by atoms with Gasteiger partial charge in [0.25, 0.3) is 0 Å². The lowest BCUT2D eigenvalue weighted by Crippen LogP contribution is -1.70. The van der Waals surface area contributed by atoms with Crippen LogP contribution in [0.25, 0.3) is 4.98 Å². The maximum Gasteiger partial charge on any atom is 0.447 e. The van der Waals surface area contributed by atoms with Gasteiger partial charge in [-0.15, -0.1) is 5.10 Å². The summed E-state index contributed by atoms with van der Waals surface area (Å²) >= 11 is 0. The summed E-state index contributed by atoms with van der Waals surface area (Å²) in [6.45, 7) is 0. The van der Waals surface area contributed by atoms with Crippen LogP contribution in [-0.2, 0) is 0 Å². The minimum atomic E-state index is 0.516. The zero-order valence-electron chi connectivity index (χ0n) is 5.41. The zero-order valence-corrected chi connectivity index (χ0v) is 5.41. The molecule has 10 heavy (non-hydrogen) atoms. The Morgan fingerprint density at radius 3 is 3.10 bits per heavy atom. The van der Waals surface area contributed by atoms with Gasteiger partial charge in [0.05, 0.1) is 17.2 Å². The molecule has 1 heterocycles. The van der Waals surface area contributed by atoms with Gasteiger partial charge in [-0.05, 0) is 18.8 Å². The van der Waals surface area contributed by atoms with Gasteiger partial charge in [-0.1, -0.05) is 5.10 Å². The van der Waals surface area contributed by atoms with E-state index in [-0.39, 0.29) is 0 Å². The molecule has 4 nitrogen and oxygen atoms in total. The van der Waals surface area contributed by atoms with Gasteiger partial charge in [0, 0.05) is 4.98 Å². The molecule has 1 aliphatic carbocycles. The summed E-state index contributed by atoms with van der Waals surface area (Å²) < 4.78 is 0. The fraction of sp³-hybridized carbons (Fsp3) is 0.500. The monoisotopic (exact) mass is 135 g/mol. The van der Waals surface area contributed by atoms with Crippen molar-refractivity contribution in [1.29, 1.82) is 5.39 Å². The van der Waals surface area contributed by atoms with Crippen LogP contribution in [0.3, 0.4) is 0 Å². The SMILES string of the molecule is N#[N+]c1[nH]ncc1C1CC1. The van der Waals surface area contributed by atoms with Crippen molar-refractivity contribution < 1.29 is 0 Å². The largest absolute Gasteiger partial charge is 0.447 e. The van der Waals surface area contributed by atoms with E-state index < -0.39 is 0 Å². The summed E-state index contributed by atoms with van der Waals surface area (Å²) in [5, 5.41) is 14.8. The molecule has 1 saturated carbocycles. The van der Waals surface area contributed by atoms with Crippen molar-refractivity contribution in [2.75, 3.05) is 0 Å². The Morgan fingerprint density at radius 1 is 1.70 bits per heavy atom. The van der Waals surface area contributed by atoms with Gasteiger partial charge in [-0.2, -0.15) is 0 Å². The fourth-order valence-electron chi connectivity index (χ4n) is 1.06. The lowest BCUT2D eigenvalue weighted by atomic mass is 10.2. The highest BCUT2D eigenvalue weighted by molar-refractivity contribution is 5.46. The fourth-order valence-corrected chi connectivity index (χ4v) is 1.06. The minimum Gasteiger partial charge on any atom is -0.130 e. The molecule has 0 atom stereocenters. The van der Waals surface area contributed by atoms with E-state index in [1.54, 1.807) is 6.20 Å². The molecule has 0 unspecified atom stereocenters. The number of hydrogen-bond donors (Lipinski definition) is 1. The third-order valence-corrected chi connectivity index (χ3v) is 1.76. The average molecular weight is 135 g/mol. The number of diazo groups is 1. The topological polar surface area (TPSA) is 56.8 Å². The summed E-state index contributed by atoms with van der Waals surface area (Å²) in [5.41, 5.74) is 1.04. The van der Waals surface area contributed by atoms with Gasteiger partial charge < -0.3 is 0 Å². The highest BCUT2D eigenvalue weighted by Gasteiger charge is 2.32. The summed E-state index contributed by atoms with van der Waals surface area (Å²) in [7, 11) is 0. The van der Waals surface area contributed by atoms with E-state index >= 15 is 0 Å². The quantitative estimate of drug-likeness (QED) is 0.596. The van der Waals surface area contributed by atoms with Gasteiger partial charge in [0.2, 0.25) is 0 Å². The van der Waals surface area contributed by atoms with E-state index in [0.29, 0.717) is 11.7 Å². The van der Waals surface area contributed by atoms with Crippen LogP contribution in [0.15, 0.2) is 6.20 Å². The van der Waals surface area contributed by atoms with Crippen LogP contribution >= 0.6 is 0 Å².